The molecule has 0 unspecified atom stereocenters. The van der Waals surface area contributed by atoms with Gasteiger partial charge in [0.05, 0.1) is 11.0 Å². The van der Waals surface area contributed by atoms with E-state index in [0.29, 0.717) is 0 Å². The molecule has 2 heteroatoms. The summed E-state index contributed by atoms with van der Waals surface area (Å²) in [5.74, 6) is 0. The number of hydrogen-bond donors (Lipinski definition) is 0. The zero-order valence-corrected chi connectivity index (χ0v) is 9.49. The van der Waals surface area contributed by atoms with E-state index in [2.05, 4.69) is 42.9 Å². The Balaban J connectivity index is 2.71. The topological polar surface area (TPSA) is 25.8 Å². The van der Waals surface area contributed by atoms with E-state index >= 15 is 0 Å². The normalized spacial score (nSPS) is 11.9. The Morgan fingerprint density at radius 1 is 1.13 bits per heavy atom. The van der Waals surface area contributed by atoms with Gasteiger partial charge in [-0.15, -0.1) is 0 Å². The maximum Gasteiger partial charge on any atom is 0.0924 e. The largest absolute Gasteiger partial charge is 0.253 e. The molecule has 0 spiro atoms. The molecule has 0 aliphatic heterocycles. The quantitative estimate of drug-likeness (QED) is 0.743. The van der Waals surface area contributed by atoms with E-state index in [1.165, 1.54) is 5.56 Å². The van der Waals surface area contributed by atoms with Gasteiger partial charge in [0.25, 0.3) is 0 Å². The van der Waals surface area contributed by atoms with Crippen molar-refractivity contribution in [3.8, 4) is 0 Å². The molecule has 0 N–H and O–H groups in total. The fourth-order valence-electron chi connectivity index (χ4n) is 1.73. The van der Waals surface area contributed by atoms with Gasteiger partial charge in [0, 0.05) is 12.4 Å². The van der Waals surface area contributed by atoms with Crippen LogP contribution in [0.4, 0.5) is 0 Å². The average Bonchev–Trinajstić information content (AvgIpc) is 2.28. The molecule has 2 rings (SSSR count). The third-order valence-electron chi connectivity index (χ3n) is 3.11. The average molecular weight is 200 g/mol. The van der Waals surface area contributed by atoms with Crippen molar-refractivity contribution >= 4 is 11.0 Å². The molecule has 1 heterocycles. The maximum absolute atomic E-state index is 4.43. The molecule has 0 saturated carbocycles. The van der Waals surface area contributed by atoms with E-state index in [-0.39, 0.29) is 5.41 Å². The summed E-state index contributed by atoms with van der Waals surface area (Å²) in [5, 5.41) is 0. The highest BCUT2D eigenvalue weighted by Gasteiger charge is 2.21. The number of benzene rings is 1. The van der Waals surface area contributed by atoms with Gasteiger partial charge in [-0.3, -0.25) is 9.97 Å². The SMILES string of the molecule is CCC(C)(C)c1cccc2nccnc12. The number of para-hydroxylation sites is 1. The molecular formula is C13H16N2. The van der Waals surface area contributed by atoms with E-state index in [1.54, 1.807) is 12.4 Å². The van der Waals surface area contributed by atoms with Crippen LogP contribution in [-0.2, 0) is 5.41 Å². The molecule has 15 heavy (non-hydrogen) atoms. The van der Waals surface area contributed by atoms with Gasteiger partial charge >= 0.3 is 0 Å². The minimum atomic E-state index is 0.162. The predicted molar refractivity (Wildman–Crippen MR) is 62.9 cm³/mol. The molecule has 1 aromatic carbocycles. The number of rotatable bonds is 2. The Morgan fingerprint density at radius 3 is 2.60 bits per heavy atom. The summed E-state index contributed by atoms with van der Waals surface area (Å²) >= 11 is 0. The van der Waals surface area contributed by atoms with Crippen molar-refractivity contribution in [2.45, 2.75) is 32.6 Å². The summed E-state index contributed by atoms with van der Waals surface area (Å²) in [6.45, 7) is 6.70. The van der Waals surface area contributed by atoms with Crippen LogP contribution in [0.25, 0.3) is 11.0 Å². The van der Waals surface area contributed by atoms with Crippen molar-refractivity contribution in [3.05, 3.63) is 36.2 Å². The van der Waals surface area contributed by atoms with E-state index in [1.807, 2.05) is 6.07 Å². The van der Waals surface area contributed by atoms with Crippen LogP contribution >= 0.6 is 0 Å². The molecule has 2 nitrogen and oxygen atoms in total. The van der Waals surface area contributed by atoms with Crippen LogP contribution in [0.3, 0.4) is 0 Å². The van der Waals surface area contributed by atoms with E-state index in [0.717, 1.165) is 17.5 Å². The fourth-order valence-corrected chi connectivity index (χ4v) is 1.73. The van der Waals surface area contributed by atoms with Crippen molar-refractivity contribution in [3.63, 3.8) is 0 Å². The zero-order chi connectivity index (χ0) is 10.9. The molecule has 78 valence electrons. The molecule has 0 amide bonds. The second-order valence-corrected chi connectivity index (χ2v) is 4.47. The molecule has 0 radical (unpaired) electrons. The molecule has 1 aromatic heterocycles. The van der Waals surface area contributed by atoms with Crippen molar-refractivity contribution in [2.24, 2.45) is 0 Å². The third-order valence-corrected chi connectivity index (χ3v) is 3.11. The van der Waals surface area contributed by atoms with E-state index in [9.17, 15) is 0 Å². The highest BCUT2D eigenvalue weighted by atomic mass is 14.8. The number of nitrogens with zero attached hydrogens (tertiary/aromatic N) is 2. The highest BCUT2D eigenvalue weighted by molar-refractivity contribution is 5.78. The molecule has 0 aliphatic rings. The Morgan fingerprint density at radius 2 is 1.87 bits per heavy atom. The van der Waals surface area contributed by atoms with Crippen molar-refractivity contribution in [2.75, 3.05) is 0 Å². The van der Waals surface area contributed by atoms with Crippen molar-refractivity contribution in [1.82, 2.24) is 9.97 Å². The molecule has 0 bridgehead atoms. The predicted octanol–water partition coefficient (Wildman–Crippen LogP) is 3.32. The van der Waals surface area contributed by atoms with Gasteiger partial charge in [0.15, 0.2) is 0 Å². The van der Waals surface area contributed by atoms with Gasteiger partial charge in [-0.1, -0.05) is 32.9 Å². The van der Waals surface area contributed by atoms with Crippen molar-refractivity contribution < 1.29 is 0 Å². The Labute approximate surface area is 90.4 Å². The molecule has 2 aromatic rings. The zero-order valence-electron chi connectivity index (χ0n) is 9.49. The summed E-state index contributed by atoms with van der Waals surface area (Å²) in [7, 11) is 0. The number of fused-ring (bicyclic) bond motifs is 1. The Kier molecular flexibility index (Phi) is 2.43. The summed E-state index contributed by atoms with van der Waals surface area (Å²) in [4.78, 5) is 8.76. The Hall–Kier alpha value is -1.44. The van der Waals surface area contributed by atoms with E-state index < -0.39 is 0 Å². The van der Waals surface area contributed by atoms with Gasteiger partial charge in [0.1, 0.15) is 0 Å². The second-order valence-electron chi connectivity index (χ2n) is 4.47. The lowest BCUT2D eigenvalue weighted by Crippen LogP contribution is -2.16. The standard InChI is InChI=1S/C13H16N2/c1-4-13(2,3)10-6-5-7-11-12(10)15-9-8-14-11/h5-9H,4H2,1-3H3. The monoisotopic (exact) mass is 200 g/mol. The van der Waals surface area contributed by atoms with Crippen LogP contribution in [0.5, 0.6) is 0 Å². The lowest BCUT2D eigenvalue weighted by molar-refractivity contribution is 0.509. The second kappa shape index (κ2) is 3.61. The number of aromatic nitrogens is 2. The Bertz CT molecular complexity index is 469. The van der Waals surface area contributed by atoms with Gasteiger partial charge in [-0.25, -0.2) is 0 Å². The first-order chi connectivity index (χ1) is 7.15. The summed E-state index contributed by atoms with van der Waals surface area (Å²) in [6.07, 6.45) is 4.60. The van der Waals surface area contributed by atoms with Crippen LogP contribution < -0.4 is 0 Å². The molecule has 0 saturated heterocycles. The van der Waals surface area contributed by atoms with E-state index in [4.69, 9.17) is 0 Å². The summed E-state index contributed by atoms with van der Waals surface area (Å²) < 4.78 is 0. The van der Waals surface area contributed by atoms with Gasteiger partial charge in [-0.2, -0.15) is 0 Å². The summed E-state index contributed by atoms with van der Waals surface area (Å²) in [5.41, 5.74) is 3.47. The van der Waals surface area contributed by atoms with Gasteiger partial charge < -0.3 is 0 Å². The number of hydrogen-bond acceptors (Lipinski definition) is 2. The summed E-state index contributed by atoms with van der Waals surface area (Å²) in [6, 6.07) is 6.22. The highest BCUT2D eigenvalue weighted by Crippen LogP contribution is 2.30. The lowest BCUT2D eigenvalue weighted by atomic mass is 9.81. The third kappa shape index (κ3) is 1.72. The smallest absolute Gasteiger partial charge is 0.0924 e. The molecule has 0 aliphatic carbocycles. The molecular weight excluding hydrogens is 184 g/mol. The van der Waals surface area contributed by atoms with Gasteiger partial charge in [0.2, 0.25) is 0 Å². The van der Waals surface area contributed by atoms with Crippen LogP contribution in [0.1, 0.15) is 32.8 Å². The first kappa shape index (κ1) is 10.1. The van der Waals surface area contributed by atoms with Gasteiger partial charge in [-0.05, 0) is 23.5 Å². The van der Waals surface area contributed by atoms with Crippen LogP contribution in [-0.4, -0.2) is 9.97 Å². The lowest BCUT2D eigenvalue weighted by Gasteiger charge is -2.24. The molecule has 0 atom stereocenters. The van der Waals surface area contributed by atoms with Crippen molar-refractivity contribution in [1.29, 1.82) is 0 Å². The fraction of sp³-hybridized carbons (Fsp3) is 0.385. The maximum atomic E-state index is 4.43. The molecule has 0 fully saturated rings. The first-order valence-electron chi connectivity index (χ1n) is 5.35. The minimum Gasteiger partial charge on any atom is -0.253 e. The van der Waals surface area contributed by atoms with Crippen LogP contribution in [0, 0.1) is 0 Å². The van der Waals surface area contributed by atoms with Crippen LogP contribution in [0.15, 0.2) is 30.6 Å². The minimum absolute atomic E-state index is 0.162. The van der Waals surface area contributed by atoms with Crippen LogP contribution in [0.2, 0.25) is 0 Å². The first-order valence-corrected chi connectivity index (χ1v) is 5.35.